The first-order valence-electron chi connectivity index (χ1n) is 7.73. The summed E-state index contributed by atoms with van der Waals surface area (Å²) in [4.78, 5) is 20.4. The van der Waals surface area contributed by atoms with Gasteiger partial charge in [-0.15, -0.1) is 0 Å². The standard InChI is InChI=1S/C17H20BrN3O2/c1-12-17(22)20(2)7-8-21(12)9-10-23-16-6-3-13-11-14(18)4-5-15(13)19-16/h3-6,11-12H,7-10H2,1-2H3/t12-/m1/s1. The van der Waals surface area contributed by atoms with Gasteiger partial charge in [0.25, 0.3) is 0 Å². The van der Waals surface area contributed by atoms with Crippen molar-refractivity contribution in [2.45, 2.75) is 13.0 Å². The van der Waals surface area contributed by atoms with Gasteiger partial charge in [-0.1, -0.05) is 15.9 Å². The van der Waals surface area contributed by atoms with Crippen LogP contribution in [0.25, 0.3) is 10.9 Å². The molecule has 1 aromatic carbocycles. The van der Waals surface area contributed by atoms with E-state index in [1.807, 2.05) is 44.3 Å². The molecule has 1 aromatic heterocycles. The highest BCUT2D eigenvalue weighted by Crippen LogP contribution is 2.21. The van der Waals surface area contributed by atoms with Crippen LogP contribution in [0.4, 0.5) is 0 Å². The number of nitrogens with zero attached hydrogens (tertiary/aromatic N) is 3. The SMILES string of the molecule is C[C@@H]1C(=O)N(C)CCN1CCOc1ccc2cc(Br)ccc2n1. The molecular weight excluding hydrogens is 358 g/mol. The normalized spacial score (nSPS) is 19.3. The van der Waals surface area contributed by atoms with Gasteiger partial charge in [0.05, 0.1) is 11.6 Å². The van der Waals surface area contributed by atoms with E-state index in [1.54, 1.807) is 4.90 Å². The Bertz CT molecular complexity index is 722. The van der Waals surface area contributed by atoms with E-state index in [0.717, 1.165) is 35.0 Å². The Morgan fingerprint density at radius 2 is 2.13 bits per heavy atom. The molecule has 0 bridgehead atoms. The second-order valence-corrected chi connectivity index (χ2v) is 6.72. The number of fused-ring (bicyclic) bond motifs is 1. The van der Waals surface area contributed by atoms with E-state index < -0.39 is 0 Å². The number of pyridine rings is 1. The van der Waals surface area contributed by atoms with E-state index in [0.29, 0.717) is 12.5 Å². The predicted molar refractivity (Wildman–Crippen MR) is 93.6 cm³/mol. The van der Waals surface area contributed by atoms with Crippen molar-refractivity contribution in [2.24, 2.45) is 0 Å². The highest BCUT2D eigenvalue weighted by Gasteiger charge is 2.28. The van der Waals surface area contributed by atoms with Crippen molar-refractivity contribution in [3.63, 3.8) is 0 Å². The molecule has 0 radical (unpaired) electrons. The number of aromatic nitrogens is 1. The molecule has 3 rings (SSSR count). The van der Waals surface area contributed by atoms with E-state index in [9.17, 15) is 4.79 Å². The molecule has 5 nitrogen and oxygen atoms in total. The molecule has 2 heterocycles. The highest BCUT2D eigenvalue weighted by molar-refractivity contribution is 9.10. The minimum Gasteiger partial charge on any atom is -0.476 e. The summed E-state index contributed by atoms with van der Waals surface area (Å²) >= 11 is 3.46. The van der Waals surface area contributed by atoms with Gasteiger partial charge in [-0.25, -0.2) is 4.98 Å². The molecule has 122 valence electrons. The first-order valence-corrected chi connectivity index (χ1v) is 8.52. The third-order valence-corrected chi connectivity index (χ3v) is 4.75. The summed E-state index contributed by atoms with van der Waals surface area (Å²) in [5, 5.41) is 1.07. The minimum atomic E-state index is -0.0840. The van der Waals surface area contributed by atoms with Crippen molar-refractivity contribution in [1.29, 1.82) is 0 Å². The van der Waals surface area contributed by atoms with Crippen LogP contribution < -0.4 is 4.74 Å². The highest BCUT2D eigenvalue weighted by atomic mass is 79.9. The number of rotatable bonds is 4. The van der Waals surface area contributed by atoms with Crippen molar-refractivity contribution in [3.05, 3.63) is 34.8 Å². The third-order valence-electron chi connectivity index (χ3n) is 4.26. The topological polar surface area (TPSA) is 45.7 Å². The maximum atomic E-state index is 12.0. The van der Waals surface area contributed by atoms with Crippen molar-refractivity contribution < 1.29 is 9.53 Å². The van der Waals surface area contributed by atoms with E-state index in [1.165, 1.54) is 0 Å². The van der Waals surface area contributed by atoms with Crippen LogP contribution in [0, 0.1) is 0 Å². The van der Waals surface area contributed by atoms with E-state index >= 15 is 0 Å². The maximum absolute atomic E-state index is 12.0. The Kier molecular flexibility index (Phi) is 4.82. The molecule has 6 heteroatoms. The predicted octanol–water partition coefficient (Wildman–Crippen LogP) is 2.54. The van der Waals surface area contributed by atoms with Crippen LogP contribution in [-0.2, 0) is 4.79 Å². The first-order chi connectivity index (χ1) is 11.0. The summed E-state index contributed by atoms with van der Waals surface area (Å²) in [7, 11) is 1.85. The van der Waals surface area contributed by atoms with Gasteiger partial charge >= 0.3 is 0 Å². The van der Waals surface area contributed by atoms with Crippen LogP contribution in [0.1, 0.15) is 6.92 Å². The lowest BCUT2D eigenvalue weighted by Crippen LogP contribution is -2.55. The summed E-state index contributed by atoms with van der Waals surface area (Å²) in [5.41, 5.74) is 0.911. The van der Waals surface area contributed by atoms with Gasteiger partial charge in [-0.05, 0) is 31.2 Å². The molecule has 1 saturated heterocycles. The Labute approximate surface area is 144 Å². The van der Waals surface area contributed by atoms with Crippen LogP contribution in [0.15, 0.2) is 34.8 Å². The van der Waals surface area contributed by atoms with Crippen LogP contribution in [-0.4, -0.2) is 60.0 Å². The second kappa shape index (κ2) is 6.84. The average Bonchev–Trinajstić information content (AvgIpc) is 2.55. The summed E-state index contributed by atoms with van der Waals surface area (Å²) in [6, 6.07) is 9.77. The molecule has 0 aliphatic carbocycles. The molecule has 1 aliphatic rings. The number of piperazine rings is 1. The van der Waals surface area contributed by atoms with Crippen LogP contribution >= 0.6 is 15.9 Å². The quantitative estimate of drug-likeness (QED) is 0.821. The second-order valence-electron chi connectivity index (χ2n) is 5.81. The monoisotopic (exact) mass is 377 g/mol. The van der Waals surface area contributed by atoms with Gasteiger partial charge < -0.3 is 9.64 Å². The van der Waals surface area contributed by atoms with Gasteiger partial charge in [-0.3, -0.25) is 9.69 Å². The lowest BCUT2D eigenvalue weighted by molar-refractivity contribution is -0.139. The number of carbonyl (C=O) groups excluding carboxylic acids is 1. The van der Waals surface area contributed by atoms with Crippen LogP contribution in [0.2, 0.25) is 0 Å². The molecule has 1 amide bonds. The number of hydrogen-bond acceptors (Lipinski definition) is 4. The Morgan fingerprint density at radius 3 is 2.96 bits per heavy atom. The Hall–Kier alpha value is -1.66. The smallest absolute Gasteiger partial charge is 0.239 e. The van der Waals surface area contributed by atoms with Crippen molar-refractivity contribution >= 4 is 32.7 Å². The third kappa shape index (κ3) is 3.64. The molecule has 2 aromatic rings. The minimum absolute atomic E-state index is 0.0840. The number of ether oxygens (including phenoxy) is 1. The number of benzene rings is 1. The average molecular weight is 378 g/mol. The summed E-state index contributed by atoms with van der Waals surface area (Å²) in [6.45, 7) is 4.85. The molecule has 0 unspecified atom stereocenters. The summed E-state index contributed by atoms with van der Waals surface area (Å²) < 4.78 is 6.80. The maximum Gasteiger partial charge on any atom is 0.239 e. The fraction of sp³-hybridized carbons (Fsp3) is 0.412. The zero-order valence-corrected chi connectivity index (χ0v) is 14.9. The molecular formula is C17H20BrN3O2. The molecule has 0 N–H and O–H groups in total. The van der Waals surface area contributed by atoms with Gasteiger partial charge in [-0.2, -0.15) is 0 Å². The van der Waals surface area contributed by atoms with E-state index in [4.69, 9.17) is 4.74 Å². The van der Waals surface area contributed by atoms with Crippen LogP contribution in [0.5, 0.6) is 5.88 Å². The lowest BCUT2D eigenvalue weighted by atomic mass is 10.2. The number of carbonyl (C=O) groups is 1. The van der Waals surface area contributed by atoms with Gasteiger partial charge in [0, 0.05) is 42.6 Å². The van der Waals surface area contributed by atoms with Gasteiger partial charge in [0.1, 0.15) is 6.61 Å². The molecule has 1 fully saturated rings. The number of likely N-dealkylation sites (N-methyl/N-ethyl adjacent to an activating group) is 1. The number of amides is 1. The lowest BCUT2D eigenvalue weighted by Gasteiger charge is -2.37. The zero-order valence-electron chi connectivity index (χ0n) is 13.3. The largest absolute Gasteiger partial charge is 0.476 e. The molecule has 23 heavy (non-hydrogen) atoms. The fourth-order valence-electron chi connectivity index (χ4n) is 2.79. The summed E-state index contributed by atoms with van der Waals surface area (Å²) in [5.74, 6) is 0.790. The van der Waals surface area contributed by atoms with Crippen molar-refractivity contribution in [1.82, 2.24) is 14.8 Å². The molecule has 1 aliphatic heterocycles. The molecule has 0 saturated carbocycles. The summed E-state index contributed by atoms with van der Waals surface area (Å²) in [6.07, 6.45) is 0. The van der Waals surface area contributed by atoms with Crippen molar-refractivity contribution in [3.8, 4) is 5.88 Å². The fourth-order valence-corrected chi connectivity index (χ4v) is 3.17. The Morgan fingerprint density at radius 1 is 1.30 bits per heavy atom. The first kappa shape index (κ1) is 16.2. The Balaban J connectivity index is 1.58. The van der Waals surface area contributed by atoms with Gasteiger partial charge in [0.2, 0.25) is 11.8 Å². The van der Waals surface area contributed by atoms with Crippen molar-refractivity contribution in [2.75, 3.05) is 33.3 Å². The van der Waals surface area contributed by atoms with E-state index in [-0.39, 0.29) is 11.9 Å². The number of hydrogen-bond donors (Lipinski definition) is 0. The number of halogens is 1. The molecule has 1 atom stereocenters. The zero-order chi connectivity index (χ0) is 16.4. The van der Waals surface area contributed by atoms with Gasteiger partial charge in [0.15, 0.2) is 0 Å². The van der Waals surface area contributed by atoms with Crippen LogP contribution in [0.3, 0.4) is 0 Å². The van der Waals surface area contributed by atoms with E-state index in [2.05, 4.69) is 25.8 Å². The molecule has 0 spiro atoms.